The molecule has 0 radical (unpaired) electrons. The molecule has 2 atom stereocenters. The lowest BCUT2D eigenvalue weighted by molar-refractivity contribution is -0.135. The lowest BCUT2D eigenvalue weighted by atomic mass is 9.86. The molecular weight excluding hydrogens is 424 g/mol. The first-order chi connectivity index (χ1) is 16.0. The van der Waals surface area contributed by atoms with Gasteiger partial charge in [-0.25, -0.2) is 4.79 Å². The van der Waals surface area contributed by atoms with Crippen LogP contribution in [0.25, 0.3) is 6.08 Å². The van der Waals surface area contributed by atoms with E-state index in [1.807, 2.05) is 13.0 Å². The number of esters is 2. The number of cyclic esters (lactones) is 1. The Kier molecular flexibility index (Phi) is 6.96. The molecule has 0 bridgehead atoms. The molecule has 7 heteroatoms. The number of hydrogen-bond acceptors (Lipinski definition) is 7. The van der Waals surface area contributed by atoms with Gasteiger partial charge in [-0.1, -0.05) is 12.2 Å². The second-order valence-electron chi connectivity index (χ2n) is 8.47. The number of benzene rings is 1. The highest BCUT2D eigenvalue weighted by Crippen LogP contribution is 2.47. The van der Waals surface area contributed by atoms with Gasteiger partial charge in [-0.05, 0) is 56.4 Å². The van der Waals surface area contributed by atoms with Crippen molar-refractivity contribution >= 4 is 23.8 Å². The molecule has 0 spiro atoms. The molecule has 174 valence electrons. The molecule has 0 saturated carbocycles. The summed E-state index contributed by atoms with van der Waals surface area (Å²) >= 11 is 0. The fourth-order valence-corrected chi connectivity index (χ4v) is 4.44. The van der Waals surface area contributed by atoms with Crippen molar-refractivity contribution in [3.05, 3.63) is 53.0 Å². The van der Waals surface area contributed by atoms with E-state index in [1.165, 1.54) is 7.11 Å². The van der Waals surface area contributed by atoms with E-state index in [1.54, 1.807) is 30.5 Å². The van der Waals surface area contributed by atoms with E-state index in [0.29, 0.717) is 66.1 Å². The third-order valence-corrected chi connectivity index (χ3v) is 6.05. The number of carbonyl (C=O) groups excluding carboxylic acids is 3. The molecule has 0 amide bonds. The number of allylic oxidation sites excluding steroid dienone is 1. The van der Waals surface area contributed by atoms with E-state index in [2.05, 4.69) is 0 Å². The summed E-state index contributed by atoms with van der Waals surface area (Å²) in [5, 5.41) is 0. The molecule has 0 unspecified atom stereocenters. The van der Waals surface area contributed by atoms with Gasteiger partial charge in [0.15, 0.2) is 0 Å². The third-order valence-electron chi connectivity index (χ3n) is 6.05. The number of methoxy groups -OCH3 is 1. The maximum Gasteiger partial charge on any atom is 0.342 e. The van der Waals surface area contributed by atoms with Crippen LogP contribution in [0.3, 0.4) is 0 Å². The molecule has 4 rings (SSSR count). The Morgan fingerprint density at radius 1 is 1.12 bits per heavy atom. The van der Waals surface area contributed by atoms with E-state index in [9.17, 15) is 14.4 Å². The first-order valence-corrected chi connectivity index (χ1v) is 11.4. The van der Waals surface area contributed by atoms with Crippen molar-refractivity contribution in [1.82, 2.24) is 0 Å². The predicted octanol–water partition coefficient (Wildman–Crippen LogP) is 5.21. The largest absolute Gasteiger partial charge is 0.495 e. The van der Waals surface area contributed by atoms with Crippen LogP contribution in [0.5, 0.6) is 11.5 Å². The number of Topliss-reactive ketones (excluding diaryl/α,β-unsaturated/α-hetero) is 1. The summed E-state index contributed by atoms with van der Waals surface area (Å²) in [6, 6.07) is 5.23. The van der Waals surface area contributed by atoms with E-state index in [-0.39, 0.29) is 24.3 Å². The minimum absolute atomic E-state index is 0.0744. The van der Waals surface area contributed by atoms with Gasteiger partial charge in [0.2, 0.25) is 0 Å². The SMILES string of the molecule is COc1c2c(cc3c1[C@@H](c1ccco1)CC(=O)O3)/C=C/CCCC(=O)CCC[C@H](C)OC2=O. The van der Waals surface area contributed by atoms with Crippen molar-refractivity contribution in [2.24, 2.45) is 0 Å². The minimum Gasteiger partial charge on any atom is -0.495 e. The fraction of sp³-hybridized carbons (Fsp3) is 0.423. The van der Waals surface area contributed by atoms with Crippen molar-refractivity contribution in [3.8, 4) is 11.5 Å². The quantitative estimate of drug-likeness (QED) is 0.456. The summed E-state index contributed by atoms with van der Waals surface area (Å²) in [6.45, 7) is 1.82. The zero-order chi connectivity index (χ0) is 23.4. The third kappa shape index (κ3) is 5.02. The maximum absolute atomic E-state index is 13.3. The molecule has 1 aromatic carbocycles. The van der Waals surface area contributed by atoms with Gasteiger partial charge in [0.25, 0.3) is 0 Å². The lowest BCUT2D eigenvalue weighted by Crippen LogP contribution is -2.24. The molecule has 0 aliphatic carbocycles. The Morgan fingerprint density at radius 3 is 2.70 bits per heavy atom. The number of ether oxygens (including phenoxy) is 3. The van der Waals surface area contributed by atoms with Crippen LogP contribution in [0, 0.1) is 0 Å². The zero-order valence-electron chi connectivity index (χ0n) is 18.9. The summed E-state index contributed by atoms with van der Waals surface area (Å²) in [5.41, 5.74) is 1.43. The number of carbonyl (C=O) groups is 3. The Hall–Kier alpha value is -3.35. The highest BCUT2D eigenvalue weighted by atomic mass is 16.5. The second kappa shape index (κ2) is 10.1. The number of hydrogen-bond donors (Lipinski definition) is 0. The van der Waals surface area contributed by atoms with E-state index in [0.717, 1.165) is 6.42 Å². The molecular formula is C26H28O7. The maximum atomic E-state index is 13.3. The summed E-state index contributed by atoms with van der Waals surface area (Å²) in [5.74, 6) is 0.140. The lowest BCUT2D eigenvalue weighted by Gasteiger charge is -2.27. The van der Waals surface area contributed by atoms with Crippen LogP contribution in [0.1, 0.15) is 85.0 Å². The molecule has 1 aromatic heterocycles. The summed E-state index contributed by atoms with van der Waals surface area (Å²) in [4.78, 5) is 37.7. The van der Waals surface area contributed by atoms with Crippen molar-refractivity contribution in [2.75, 3.05) is 7.11 Å². The molecule has 2 aromatic rings. The van der Waals surface area contributed by atoms with Crippen molar-refractivity contribution in [2.45, 2.75) is 63.9 Å². The van der Waals surface area contributed by atoms with E-state index in [4.69, 9.17) is 18.6 Å². The van der Waals surface area contributed by atoms with E-state index >= 15 is 0 Å². The van der Waals surface area contributed by atoms with Crippen LogP contribution < -0.4 is 9.47 Å². The molecule has 3 heterocycles. The summed E-state index contributed by atoms with van der Waals surface area (Å²) in [6.07, 6.45) is 8.69. The normalized spacial score (nSPS) is 22.9. The fourth-order valence-electron chi connectivity index (χ4n) is 4.44. The van der Waals surface area contributed by atoms with Gasteiger partial charge >= 0.3 is 11.9 Å². The molecule has 2 aliphatic heterocycles. The highest BCUT2D eigenvalue weighted by Gasteiger charge is 2.37. The Bertz CT molecular complexity index is 1060. The first-order valence-electron chi connectivity index (χ1n) is 11.4. The van der Waals surface area contributed by atoms with Crippen LogP contribution in [-0.2, 0) is 14.3 Å². The highest BCUT2D eigenvalue weighted by molar-refractivity contribution is 5.99. The topological polar surface area (TPSA) is 92.0 Å². The van der Waals surface area contributed by atoms with Crippen LogP contribution in [0.15, 0.2) is 35.0 Å². The Labute approximate surface area is 192 Å². The summed E-state index contributed by atoms with van der Waals surface area (Å²) in [7, 11) is 1.49. The average Bonchev–Trinajstić information content (AvgIpc) is 3.31. The predicted molar refractivity (Wildman–Crippen MR) is 120 cm³/mol. The average molecular weight is 453 g/mol. The first kappa shape index (κ1) is 22.8. The molecule has 7 nitrogen and oxygen atoms in total. The van der Waals surface area contributed by atoms with Gasteiger partial charge in [-0.2, -0.15) is 0 Å². The molecule has 0 N–H and O–H groups in total. The minimum atomic E-state index is -0.514. The number of ketones is 1. The molecule has 33 heavy (non-hydrogen) atoms. The van der Waals surface area contributed by atoms with E-state index < -0.39 is 11.9 Å². The van der Waals surface area contributed by atoms with Gasteiger partial charge in [0.1, 0.15) is 28.6 Å². The monoisotopic (exact) mass is 452 g/mol. The van der Waals surface area contributed by atoms with Crippen LogP contribution >= 0.6 is 0 Å². The molecule has 2 aliphatic rings. The van der Waals surface area contributed by atoms with Crippen molar-refractivity contribution in [3.63, 3.8) is 0 Å². The summed E-state index contributed by atoms with van der Waals surface area (Å²) < 4.78 is 22.6. The van der Waals surface area contributed by atoms with Gasteiger partial charge in [0, 0.05) is 18.4 Å². The van der Waals surface area contributed by atoms with Crippen molar-refractivity contribution < 1.29 is 33.0 Å². The van der Waals surface area contributed by atoms with Crippen LogP contribution in [0.2, 0.25) is 0 Å². The number of furan rings is 1. The van der Waals surface area contributed by atoms with Crippen molar-refractivity contribution in [1.29, 1.82) is 0 Å². The Balaban J connectivity index is 1.84. The van der Waals surface area contributed by atoms with Crippen LogP contribution in [-0.4, -0.2) is 30.9 Å². The van der Waals surface area contributed by atoms with Gasteiger partial charge in [-0.3, -0.25) is 9.59 Å². The Morgan fingerprint density at radius 2 is 1.94 bits per heavy atom. The number of rotatable bonds is 2. The zero-order valence-corrected chi connectivity index (χ0v) is 18.9. The standard InChI is InChI=1S/C26H28O7/c1-16-8-6-11-18(27)10-5-3-4-9-17-14-21-24(25(30-2)23(17)26(29)32-16)19(15-22(28)33-21)20-12-7-13-31-20/h4,7,9,12-14,16,19H,3,5-6,8,10-11,15H2,1-2H3/b9-4+/t16-,19+/m0/s1. The molecule has 0 saturated heterocycles. The van der Waals surface area contributed by atoms with Gasteiger partial charge in [0.05, 0.1) is 31.8 Å². The second-order valence-corrected chi connectivity index (χ2v) is 8.47. The molecule has 0 fully saturated rings. The smallest absolute Gasteiger partial charge is 0.342 e. The van der Waals surface area contributed by atoms with Crippen LogP contribution in [0.4, 0.5) is 0 Å². The number of fused-ring (bicyclic) bond motifs is 2. The van der Waals surface area contributed by atoms with Gasteiger partial charge < -0.3 is 18.6 Å². The van der Waals surface area contributed by atoms with Gasteiger partial charge in [-0.15, -0.1) is 0 Å².